The fourth-order valence-electron chi connectivity index (χ4n) is 2.26. The number of amides is 1. The van der Waals surface area contributed by atoms with Crippen molar-refractivity contribution in [2.24, 2.45) is 17.8 Å². The Bertz CT molecular complexity index is 262. The van der Waals surface area contributed by atoms with Crippen LogP contribution in [0.1, 0.15) is 53.4 Å². The quantitative estimate of drug-likeness (QED) is 0.667. The van der Waals surface area contributed by atoms with Crippen molar-refractivity contribution in [2.45, 2.75) is 53.4 Å². The Labute approximate surface area is 110 Å². The van der Waals surface area contributed by atoms with Gasteiger partial charge in [-0.15, -0.1) is 0 Å². The minimum atomic E-state index is -0.827. The van der Waals surface area contributed by atoms with Gasteiger partial charge in [-0.1, -0.05) is 47.0 Å². The highest BCUT2D eigenvalue weighted by molar-refractivity contribution is 5.79. The zero-order valence-electron chi connectivity index (χ0n) is 12.0. The number of carbonyl (C=O) groups is 2. The SMILES string of the molecule is CCCC(CNC(=O)C(C)C(CC)CC)C(=O)O. The number of hydrogen-bond donors (Lipinski definition) is 2. The number of hydrogen-bond acceptors (Lipinski definition) is 2. The van der Waals surface area contributed by atoms with Crippen molar-refractivity contribution in [1.82, 2.24) is 5.32 Å². The molecule has 0 aliphatic carbocycles. The van der Waals surface area contributed by atoms with E-state index in [0.717, 1.165) is 19.3 Å². The topological polar surface area (TPSA) is 66.4 Å². The van der Waals surface area contributed by atoms with E-state index in [1.165, 1.54) is 0 Å². The molecule has 0 aromatic rings. The lowest BCUT2D eigenvalue weighted by molar-refractivity contribution is -0.142. The van der Waals surface area contributed by atoms with Crippen LogP contribution in [-0.4, -0.2) is 23.5 Å². The summed E-state index contributed by atoms with van der Waals surface area (Å²) in [6.45, 7) is 8.27. The van der Waals surface area contributed by atoms with Gasteiger partial charge in [0.1, 0.15) is 0 Å². The van der Waals surface area contributed by atoms with Crippen LogP contribution in [-0.2, 0) is 9.59 Å². The van der Waals surface area contributed by atoms with E-state index in [4.69, 9.17) is 5.11 Å². The van der Waals surface area contributed by atoms with Crippen LogP contribution in [0.4, 0.5) is 0 Å². The number of rotatable bonds is 9. The maximum Gasteiger partial charge on any atom is 0.308 e. The Balaban J connectivity index is 4.26. The zero-order chi connectivity index (χ0) is 14.1. The Morgan fingerprint density at radius 2 is 1.72 bits per heavy atom. The van der Waals surface area contributed by atoms with Gasteiger partial charge in [-0.2, -0.15) is 0 Å². The van der Waals surface area contributed by atoms with Crippen LogP contribution in [0.3, 0.4) is 0 Å². The van der Waals surface area contributed by atoms with Gasteiger partial charge in [-0.05, 0) is 12.3 Å². The van der Waals surface area contributed by atoms with E-state index in [2.05, 4.69) is 19.2 Å². The second-order valence-electron chi connectivity index (χ2n) is 4.93. The molecule has 4 heteroatoms. The molecule has 0 fully saturated rings. The summed E-state index contributed by atoms with van der Waals surface area (Å²) in [4.78, 5) is 22.9. The highest BCUT2D eigenvalue weighted by atomic mass is 16.4. The molecule has 2 atom stereocenters. The molecule has 0 heterocycles. The molecule has 0 spiro atoms. The molecule has 0 aliphatic rings. The lowest BCUT2D eigenvalue weighted by atomic mass is 9.88. The Morgan fingerprint density at radius 3 is 2.11 bits per heavy atom. The summed E-state index contributed by atoms with van der Waals surface area (Å²) >= 11 is 0. The van der Waals surface area contributed by atoms with E-state index in [0.29, 0.717) is 12.3 Å². The molecule has 0 radical (unpaired) electrons. The lowest BCUT2D eigenvalue weighted by Gasteiger charge is -2.21. The van der Waals surface area contributed by atoms with E-state index in [1.54, 1.807) is 0 Å². The van der Waals surface area contributed by atoms with Gasteiger partial charge >= 0.3 is 5.97 Å². The molecule has 1 amide bonds. The predicted octanol–water partition coefficient (Wildman–Crippen LogP) is 2.68. The van der Waals surface area contributed by atoms with E-state index < -0.39 is 11.9 Å². The van der Waals surface area contributed by atoms with Gasteiger partial charge in [0.05, 0.1) is 5.92 Å². The minimum absolute atomic E-state index is 0.0222. The average molecular weight is 257 g/mol. The van der Waals surface area contributed by atoms with Gasteiger partial charge in [0.15, 0.2) is 0 Å². The number of carboxylic acid groups (broad SMARTS) is 1. The average Bonchev–Trinajstić information content (AvgIpc) is 2.34. The first-order chi connectivity index (χ1) is 8.47. The summed E-state index contributed by atoms with van der Waals surface area (Å²) in [6, 6.07) is 0. The maximum absolute atomic E-state index is 11.9. The largest absolute Gasteiger partial charge is 0.481 e. The van der Waals surface area contributed by atoms with E-state index >= 15 is 0 Å². The number of aliphatic carboxylic acids is 1. The van der Waals surface area contributed by atoms with Crippen molar-refractivity contribution in [3.05, 3.63) is 0 Å². The molecule has 18 heavy (non-hydrogen) atoms. The minimum Gasteiger partial charge on any atom is -0.481 e. The Hall–Kier alpha value is -1.06. The first-order valence-electron chi connectivity index (χ1n) is 6.98. The molecule has 4 nitrogen and oxygen atoms in total. The number of carbonyl (C=O) groups excluding carboxylic acids is 1. The first kappa shape index (κ1) is 16.9. The van der Waals surface area contributed by atoms with Crippen LogP contribution in [0.25, 0.3) is 0 Å². The third-order valence-corrected chi connectivity index (χ3v) is 3.68. The molecule has 0 aliphatic heterocycles. The molecule has 0 saturated carbocycles. The molecule has 0 aromatic heterocycles. The molecule has 0 rings (SSSR count). The van der Waals surface area contributed by atoms with Crippen LogP contribution >= 0.6 is 0 Å². The normalized spacial score (nSPS) is 14.3. The summed E-state index contributed by atoms with van der Waals surface area (Å²) in [6.07, 6.45) is 3.37. The first-order valence-corrected chi connectivity index (χ1v) is 6.98. The highest BCUT2D eigenvalue weighted by Crippen LogP contribution is 2.19. The van der Waals surface area contributed by atoms with Crippen LogP contribution < -0.4 is 5.32 Å². The fraction of sp³-hybridized carbons (Fsp3) is 0.857. The zero-order valence-corrected chi connectivity index (χ0v) is 12.0. The third-order valence-electron chi connectivity index (χ3n) is 3.68. The van der Waals surface area contributed by atoms with Crippen LogP contribution in [0.2, 0.25) is 0 Å². The monoisotopic (exact) mass is 257 g/mol. The van der Waals surface area contributed by atoms with Crippen molar-refractivity contribution in [2.75, 3.05) is 6.54 Å². The van der Waals surface area contributed by atoms with Crippen molar-refractivity contribution >= 4 is 11.9 Å². The third kappa shape index (κ3) is 5.52. The van der Waals surface area contributed by atoms with Crippen molar-refractivity contribution < 1.29 is 14.7 Å². The molecule has 0 bridgehead atoms. The van der Waals surface area contributed by atoms with E-state index in [-0.39, 0.29) is 18.4 Å². The molecule has 106 valence electrons. The van der Waals surface area contributed by atoms with Crippen LogP contribution in [0.5, 0.6) is 0 Å². The maximum atomic E-state index is 11.9. The molecular formula is C14H27NO3. The van der Waals surface area contributed by atoms with Crippen molar-refractivity contribution in [3.8, 4) is 0 Å². The summed E-state index contributed by atoms with van der Waals surface area (Å²) in [5, 5.41) is 11.8. The van der Waals surface area contributed by atoms with Gasteiger partial charge in [-0.3, -0.25) is 9.59 Å². The van der Waals surface area contributed by atoms with Gasteiger partial charge in [0.25, 0.3) is 0 Å². The van der Waals surface area contributed by atoms with E-state index in [1.807, 2.05) is 13.8 Å². The van der Waals surface area contributed by atoms with Gasteiger partial charge in [-0.25, -0.2) is 0 Å². The Morgan fingerprint density at radius 1 is 1.17 bits per heavy atom. The van der Waals surface area contributed by atoms with Crippen LogP contribution in [0.15, 0.2) is 0 Å². The Kier molecular flexibility index (Phi) is 8.42. The van der Waals surface area contributed by atoms with Gasteiger partial charge < -0.3 is 10.4 Å². The highest BCUT2D eigenvalue weighted by Gasteiger charge is 2.23. The second kappa shape index (κ2) is 8.95. The van der Waals surface area contributed by atoms with Crippen molar-refractivity contribution in [1.29, 1.82) is 0 Å². The van der Waals surface area contributed by atoms with Gasteiger partial charge in [0, 0.05) is 12.5 Å². The molecule has 0 saturated heterocycles. The van der Waals surface area contributed by atoms with Gasteiger partial charge in [0.2, 0.25) is 5.91 Å². The smallest absolute Gasteiger partial charge is 0.308 e. The second-order valence-corrected chi connectivity index (χ2v) is 4.93. The number of nitrogens with one attached hydrogen (secondary N) is 1. The summed E-state index contributed by atoms with van der Waals surface area (Å²) in [5.74, 6) is -0.984. The fourth-order valence-corrected chi connectivity index (χ4v) is 2.26. The predicted molar refractivity (Wildman–Crippen MR) is 72.3 cm³/mol. The van der Waals surface area contributed by atoms with Crippen LogP contribution in [0, 0.1) is 17.8 Å². The molecule has 2 unspecified atom stereocenters. The summed E-state index contributed by atoms with van der Waals surface area (Å²) < 4.78 is 0. The number of carboxylic acids is 1. The van der Waals surface area contributed by atoms with E-state index in [9.17, 15) is 9.59 Å². The standard InChI is InChI=1S/C14H27NO3/c1-5-8-12(14(17)18)9-15-13(16)10(4)11(6-2)7-3/h10-12H,5-9H2,1-4H3,(H,15,16)(H,17,18). The summed E-state index contributed by atoms with van der Waals surface area (Å²) in [7, 11) is 0. The lowest BCUT2D eigenvalue weighted by Crippen LogP contribution is -2.38. The molecular weight excluding hydrogens is 230 g/mol. The molecule has 2 N–H and O–H groups in total. The van der Waals surface area contributed by atoms with Crippen molar-refractivity contribution in [3.63, 3.8) is 0 Å². The molecule has 0 aromatic carbocycles. The summed E-state index contributed by atoms with van der Waals surface area (Å²) in [5.41, 5.74) is 0.